The van der Waals surface area contributed by atoms with Gasteiger partial charge in [-0.1, -0.05) is 12.1 Å². The predicted octanol–water partition coefficient (Wildman–Crippen LogP) is 4.41. The van der Waals surface area contributed by atoms with Gasteiger partial charge < -0.3 is 10.1 Å². The number of hydrogen-bond donors (Lipinski definition) is 1. The lowest BCUT2D eigenvalue weighted by Gasteiger charge is -2.13. The van der Waals surface area contributed by atoms with Crippen molar-refractivity contribution in [1.82, 2.24) is 0 Å². The van der Waals surface area contributed by atoms with Crippen LogP contribution in [0.3, 0.4) is 0 Å². The summed E-state index contributed by atoms with van der Waals surface area (Å²) in [6.45, 7) is 5.09. The number of fused-ring (bicyclic) bond motifs is 1. The fourth-order valence-electron chi connectivity index (χ4n) is 3.14. The Balaban J connectivity index is 1.74. The summed E-state index contributed by atoms with van der Waals surface area (Å²) in [6, 6.07) is 11.1. The van der Waals surface area contributed by atoms with Gasteiger partial charge in [-0.05, 0) is 79.1 Å². The molecule has 0 bridgehead atoms. The van der Waals surface area contributed by atoms with E-state index in [0.717, 1.165) is 12.3 Å². The first-order chi connectivity index (χ1) is 10.2. The Morgan fingerprint density at radius 1 is 1.00 bits per heavy atom. The third-order valence-corrected chi connectivity index (χ3v) is 4.43. The van der Waals surface area contributed by atoms with Gasteiger partial charge in [0.25, 0.3) is 0 Å². The van der Waals surface area contributed by atoms with E-state index < -0.39 is 0 Å². The monoisotopic (exact) mass is 281 g/mol. The molecular weight excluding hydrogens is 258 g/mol. The molecular formula is C19H23NO. The minimum absolute atomic E-state index is 0.857. The van der Waals surface area contributed by atoms with E-state index in [1.807, 2.05) is 0 Å². The molecule has 2 aromatic rings. The maximum Gasteiger partial charge on any atom is 0.122 e. The number of nitrogens with one attached hydrogen (secondary N) is 1. The number of methoxy groups -OCH3 is 1. The Morgan fingerprint density at radius 3 is 2.62 bits per heavy atom. The third kappa shape index (κ3) is 2.90. The third-order valence-electron chi connectivity index (χ3n) is 4.43. The van der Waals surface area contributed by atoms with Gasteiger partial charge in [0, 0.05) is 12.2 Å². The van der Waals surface area contributed by atoms with E-state index >= 15 is 0 Å². The van der Waals surface area contributed by atoms with E-state index in [2.05, 4.69) is 49.5 Å². The van der Waals surface area contributed by atoms with E-state index in [4.69, 9.17) is 4.74 Å². The maximum absolute atomic E-state index is 5.37. The van der Waals surface area contributed by atoms with Crippen LogP contribution in [-0.2, 0) is 19.4 Å². The molecule has 2 heteroatoms. The summed E-state index contributed by atoms with van der Waals surface area (Å²) < 4.78 is 5.37. The van der Waals surface area contributed by atoms with Crippen molar-refractivity contribution in [2.75, 3.05) is 12.4 Å². The molecule has 0 atom stereocenters. The van der Waals surface area contributed by atoms with E-state index in [0.29, 0.717) is 0 Å². The molecule has 0 aliphatic heterocycles. The van der Waals surface area contributed by atoms with Crippen LogP contribution in [0.15, 0.2) is 30.3 Å². The molecule has 1 aliphatic carbocycles. The van der Waals surface area contributed by atoms with Crippen LogP contribution < -0.4 is 10.1 Å². The fourth-order valence-corrected chi connectivity index (χ4v) is 3.14. The van der Waals surface area contributed by atoms with Crippen molar-refractivity contribution in [2.45, 2.75) is 39.7 Å². The summed E-state index contributed by atoms with van der Waals surface area (Å²) in [6.07, 6.45) is 3.77. The Kier molecular flexibility index (Phi) is 3.87. The first-order valence-corrected chi connectivity index (χ1v) is 7.67. The summed E-state index contributed by atoms with van der Waals surface area (Å²) in [7, 11) is 1.73. The molecule has 2 nitrogen and oxygen atoms in total. The SMILES string of the molecule is COc1cc(C)c(CNc2ccc3c(c2)CCC3)cc1C. The van der Waals surface area contributed by atoms with Gasteiger partial charge in [0.1, 0.15) is 5.75 Å². The lowest BCUT2D eigenvalue weighted by Crippen LogP contribution is -2.03. The van der Waals surface area contributed by atoms with Gasteiger partial charge in [0.15, 0.2) is 0 Å². The standard InChI is InChI=1S/C19H23NO/c1-13-10-19(21-3)14(2)9-17(13)12-20-18-8-7-15-5-4-6-16(15)11-18/h7-11,20H,4-6,12H2,1-3H3. The molecule has 0 heterocycles. The topological polar surface area (TPSA) is 21.3 Å². The van der Waals surface area contributed by atoms with Crippen LogP contribution in [0.25, 0.3) is 0 Å². The highest BCUT2D eigenvalue weighted by molar-refractivity contribution is 5.51. The number of aryl methyl sites for hydroxylation is 4. The van der Waals surface area contributed by atoms with Gasteiger partial charge in [0.05, 0.1) is 7.11 Å². The molecule has 0 amide bonds. The Labute approximate surface area is 127 Å². The fraction of sp³-hybridized carbons (Fsp3) is 0.368. The molecule has 1 aliphatic rings. The first-order valence-electron chi connectivity index (χ1n) is 7.67. The molecule has 0 saturated carbocycles. The van der Waals surface area contributed by atoms with Crippen LogP contribution in [0.5, 0.6) is 5.75 Å². The van der Waals surface area contributed by atoms with Gasteiger partial charge in [0.2, 0.25) is 0 Å². The highest BCUT2D eigenvalue weighted by Gasteiger charge is 2.11. The van der Waals surface area contributed by atoms with Crippen LogP contribution in [0.2, 0.25) is 0 Å². The largest absolute Gasteiger partial charge is 0.496 e. The van der Waals surface area contributed by atoms with Crippen LogP contribution in [0.1, 0.15) is 34.2 Å². The van der Waals surface area contributed by atoms with Crippen molar-refractivity contribution in [3.8, 4) is 5.75 Å². The van der Waals surface area contributed by atoms with Crippen molar-refractivity contribution in [2.24, 2.45) is 0 Å². The smallest absolute Gasteiger partial charge is 0.122 e. The van der Waals surface area contributed by atoms with E-state index in [1.165, 1.54) is 52.8 Å². The van der Waals surface area contributed by atoms with Crippen LogP contribution >= 0.6 is 0 Å². The molecule has 0 unspecified atom stereocenters. The van der Waals surface area contributed by atoms with Crippen molar-refractivity contribution in [3.05, 3.63) is 58.1 Å². The van der Waals surface area contributed by atoms with Crippen molar-refractivity contribution >= 4 is 5.69 Å². The normalized spacial score (nSPS) is 13.1. The van der Waals surface area contributed by atoms with Gasteiger partial charge >= 0.3 is 0 Å². The molecule has 0 radical (unpaired) electrons. The van der Waals surface area contributed by atoms with Crippen molar-refractivity contribution in [1.29, 1.82) is 0 Å². The average molecular weight is 281 g/mol. The van der Waals surface area contributed by atoms with E-state index in [1.54, 1.807) is 7.11 Å². The molecule has 2 aromatic carbocycles. The summed E-state index contributed by atoms with van der Waals surface area (Å²) in [4.78, 5) is 0. The Hall–Kier alpha value is -1.96. The number of hydrogen-bond acceptors (Lipinski definition) is 2. The molecule has 110 valence electrons. The highest BCUT2D eigenvalue weighted by Crippen LogP contribution is 2.26. The lowest BCUT2D eigenvalue weighted by molar-refractivity contribution is 0.411. The second-order valence-corrected chi connectivity index (χ2v) is 5.94. The minimum atomic E-state index is 0.857. The van der Waals surface area contributed by atoms with Gasteiger partial charge in [-0.15, -0.1) is 0 Å². The minimum Gasteiger partial charge on any atom is -0.496 e. The van der Waals surface area contributed by atoms with E-state index in [9.17, 15) is 0 Å². The number of anilines is 1. The van der Waals surface area contributed by atoms with Gasteiger partial charge in [-0.25, -0.2) is 0 Å². The van der Waals surface area contributed by atoms with Crippen molar-refractivity contribution < 1.29 is 4.74 Å². The van der Waals surface area contributed by atoms with E-state index in [-0.39, 0.29) is 0 Å². The zero-order valence-corrected chi connectivity index (χ0v) is 13.1. The average Bonchev–Trinajstić information content (AvgIpc) is 2.95. The summed E-state index contributed by atoms with van der Waals surface area (Å²) >= 11 is 0. The molecule has 0 saturated heterocycles. The quantitative estimate of drug-likeness (QED) is 0.896. The van der Waals surface area contributed by atoms with Crippen LogP contribution in [-0.4, -0.2) is 7.11 Å². The van der Waals surface area contributed by atoms with Crippen LogP contribution in [0, 0.1) is 13.8 Å². The Bertz CT molecular complexity index is 661. The number of benzene rings is 2. The van der Waals surface area contributed by atoms with Gasteiger partial charge in [-0.2, -0.15) is 0 Å². The summed E-state index contributed by atoms with van der Waals surface area (Å²) in [5.41, 5.74) is 8.05. The van der Waals surface area contributed by atoms with Gasteiger partial charge in [-0.3, -0.25) is 0 Å². The van der Waals surface area contributed by atoms with Crippen LogP contribution in [0.4, 0.5) is 5.69 Å². The zero-order valence-electron chi connectivity index (χ0n) is 13.1. The number of ether oxygens (including phenoxy) is 1. The first kappa shape index (κ1) is 14.0. The summed E-state index contributed by atoms with van der Waals surface area (Å²) in [5.74, 6) is 0.966. The molecule has 3 rings (SSSR count). The number of rotatable bonds is 4. The molecule has 0 spiro atoms. The summed E-state index contributed by atoms with van der Waals surface area (Å²) in [5, 5.41) is 3.56. The zero-order chi connectivity index (χ0) is 14.8. The van der Waals surface area contributed by atoms with Crippen molar-refractivity contribution in [3.63, 3.8) is 0 Å². The maximum atomic E-state index is 5.37. The Morgan fingerprint density at radius 2 is 1.81 bits per heavy atom. The highest BCUT2D eigenvalue weighted by atomic mass is 16.5. The predicted molar refractivity (Wildman–Crippen MR) is 88.3 cm³/mol. The second-order valence-electron chi connectivity index (χ2n) is 5.94. The lowest BCUT2D eigenvalue weighted by atomic mass is 10.0. The molecule has 1 N–H and O–H groups in total. The molecule has 0 aromatic heterocycles. The molecule has 21 heavy (non-hydrogen) atoms. The second kappa shape index (κ2) is 5.80. The molecule has 0 fully saturated rings.